The average Bonchev–Trinajstić information content (AvgIpc) is 2.98. The van der Waals surface area contributed by atoms with E-state index in [9.17, 15) is 13.2 Å². The summed E-state index contributed by atoms with van der Waals surface area (Å²) in [4.78, 5) is 17.2. The van der Waals surface area contributed by atoms with Crippen LogP contribution in [0.4, 0.5) is 0 Å². The fraction of sp³-hybridized carbons (Fsp3) is 0.350. The van der Waals surface area contributed by atoms with Crippen molar-refractivity contribution in [2.24, 2.45) is 0 Å². The predicted molar refractivity (Wildman–Crippen MR) is 102 cm³/mol. The minimum absolute atomic E-state index is 0.0568. The van der Waals surface area contributed by atoms with Crippen LogP contribution in [0.3, 0.4) is 0 Å². The molecule has 2 atom stereocenters. The Labute approximate surface area is 154 Å². The Kier molecular flexibility index (Phi) is 4.32. The van der Waals surface area contributed by atoms with Crippen molar-refractivity contribution in [2.45, 2.75) is 12.1 Å². The summed E-state index contributed by atoms with van der Waals surface area (Å²) in [6.45, 7) is 1.24. The normalized spacial score (nSPS) is 25.0. The van der Waals surface area contributed by atoms with E-state index in [4.69, 9.17) is 0 Å². The third-order valence-electron chi connectivity index (χ3n) is 5.46. The predicted octanol–water partition coefficient (Wildman–Crippen LogP) is 1.91. The summed E-state index contributed by atoms with van der Waals surface area (Å²) in [5.41, 5.74) is 2.50. The third kappa shape index (κ3) is 3.04. The second-order valence-corrected chi connectivity index (χ2v) is 9.26. The van der Waals surface area contributed by atoms with Gasteiger partial charge < -0.3 is 4.90 Å². The van der Waals surface area contributed by atoms with Gasteiger partial charge in [0, 0.05) is 24.7 Å². The fourth-order valence-electron chi connectivity index (χ4n) is 4.07. The highest BCUT2D eigenvalue weighted by Gasteiger charge is 2.47. The molecule has 0 aliphatic carbocycles. The molecule has 5 nitrogen and oxygen atoms in total. The molecule has 2 aromatic carbocycles. The van der Waals surface area contributed by atoms with E-state index in [2.05, 4.69) is 4.90 Å². The molecule has 26 heavy (non-hydrogen) atoms. The van der Waals surface area contributed by atoms with Gasteiger partial charge in [-0.3, -0.25) is 9.69 Å². The van der Waals surface area contributed by atoms with E-state index in [0.29, 0.717) is 18.7 Å². The van der Waals surface area contributed by atoms with E-state index in [0.717, 1.165) is 11.1 Å². The van der Waals surface area contributed by atoms with Crippen LogP contribution >= 0.6 is 0 Å². The van der Waals surface area contributed by atoms with E-state index in [-0.39, 0.29) is 29.5 Å². The SMILES string of the molecule is CN1CCN(C(=O)c2ccccc2-c2ccccc2)[C@@H]2CS(=O)(=O)C[C@@H]21. The van der Waals surface area contributed by atoms with Gasteiger partial charge >= 0.3 is 0 Å². The minimum Gasteiger partial charge on any atom is -0.332 e. The number of rotatable bonds is 2. The summed E-state index contributed by atoms with van der Waals surface area (Å²) in [6, 6.07) is 17.0. The number of hydrogen-bond donors (Lipinski definition) is 0. The van der Waals surface area contributed by atoms with Gasteiger partial charge in [-0.25, -0.2) is 8.42 Å². The lowest BCUT2D eigenvalue weighted by molar-refractivity contribution is 0.0410. The Hall–Kier alpha value is -2.18. The highest BCUT2D eigenvalue weighted by atomic mass is 32.2. The number of hydrogen-bond acceptors (Lipinski definition) is 4. The van der Waals surface area contributed by atoms with Crippen molar-refractivity contribution in [3.05, 3.63) is 60.2 Å². The zero-order chi connectivity index (χ0) is 18.3. The van der Waals surface area contributed by atoms with Gasteiger partial charge in [-0.2, -0.15) is 0 Å². The molecule has 2 saturated heterocycles. The van der Waals surface area contributed by atoms with Crippen molar-refractivity contribution in [1.82, 2.24) is 9.80 Å². The highest BCUT2D eigenvalue weighted by molar-refractivity contribution is 7.91. The summed E-state index contributed by atoms with van der Waals surface area (Å²) < 4.78 is 24.3. The van der Waals surface area contributed by atoms with E-state index in [1.807, 2.05) is 61.6 Å². The van der Waals surface area contributed by atoms with Crippen molar-refractivity contribution in [3.8, 4) is 11.1 Å². The molecule has 0 saturated carbocycles. The van der Waals surface area contributed by atoms with Gasteiger partial charge in [-0.1, -0.05) is 48.5 Å². The topological polar surface area (TPSA) is 57.7 Å². The van der Waals surface area contributed by atoms with Crippen molar-refractivity contribution in [1.29, 1.82) is 0 Å². The van der Waals surface area contributed by atoms with Crippen LogP contribution in [0, 0.1) is 0 Å². The van der Waals surface area contributed by atoms with Crippen LogP contribution in [0.15, 0.2) is 54.6 Å². The molecule has 0 radical (unpaired) electrons. The molecule has 2 aromatic rings. The first kappa shape index (κ1) is 17.2. The summed E-state index contributed by atoms with van der Waals surface area (Å²) in [5, 5.41) is 0. The standard InChI is InChI=1S/C20H22N2O3S/c1-21-11-12-22(19-14-26(24,25)13-18(19)21)20(23)17-10-6-5-9-16(17)15-7-3-2-4-8-15/h2-10,18-19H,11-14H2,1H3/t18-,19+/m0/s1. The molecule has 4 rings (SSSR count). The molecule has 2 aliphatic heterocycles. The van der Waals surface area contributed by atoms with Gasteiger partial charge in [0.25, 0.3) is 5.91 Å². The number of piperazine rings is 1. The molecular weight excluding hydrogens is 348 g/mol. The minimum atomic E-state index is -3.11. The quantitative estimate of drug-likeness (QED) is 0.810. The van der Waals surface area contributed by atoms with E-state index in [1.165, 1.54) is 0 Å². The fourth-order valence-corrected chi connectivity index (χ4v) is 6.13. The number of fused-ring (bicyclic) bond motifs is 1. The molecule has 1 amide bonds. The summed E-state index contributed by atoms with van der Waals surface area (Å²) in [5.74, 6) is 0.115. The average molecular weight is 370 g/mol. The lowest BCUT2D eigenvalue weighted by atomic mass is 9.97. The second kappa shape index (κ2) is 6.52. The smallest absolute Gasteiger partial charge is 0.254 e. The maximum atomic E-state index is 13.4. The lowest BCUT2D eigenvalue weighted by Crippen LogP contribution is -2.59. The number of sulfone groups is 1. The monoisotopic (exact) mass is 370 g/mol. The Morgan fingerprint density at radius 3 is 2.35 bits per heavy atom. The number of carbonyl (C=O) groups is 1. The number of likely N-dealkylation sites (N-methyl/N-ethyl adjacent to an activating group) is 1. The van der Waals surface area contributed by atoms with Crippen molar-refractivity contribution >= 4 is 15.7 Å². The van der Waals surface area contributed by atoms with E-state index >= 15 is 0 Å². The molecule has 6 heteroatoms. The molecule has 2 aliphatic rings. The van der Waals surface area contributed by atoms with Crippen LogP contribution in [-0.2, 0) is 9.84 Å². The van der Waals surface area contributed by atoms with Crippen molar-refractivity contribution in [2.75, 3.05) is 31.6 Å². The van der Waals surface area contributed by atoms with Gasteiger partial charge in [0.05, 0.1) is 17.5 Å². The Balaban J connectivity index is 1.71. The summed E-state index contributed by atoms with van der Waals surface area (Å²) in [6.07, 6.45) is 0. The van der Waals surface area contributed by atoms with Crippen LogP contribution in [-0.4, -0.2) is 67.9 Å². The van der Waals surface area contributed by atoms with Gasteiger partial charge in [-0.15, -0.1) is 0 Å². The zero-order valence-electron chi connectivity index (χ0n) is 14.7. The first-order chi connectivity index (χ1) is 12.5. The molecule has 0 N–H and O–H groups in total. The van der Waals surface area contributed by atoms with Gasteiger partial charge in [0.1, 0.15) is 0 Å². The largest absolute Gasteiger partial charge is 0.332 e. The first-order valence-electron chi connectivity index (χ1n) is 8.82. The number of nitrogens with zero attached hydrogens (tertiary/aromatic N) is 2. The zero-order valence-corrected chi connectivity index (χ0v) is 15.5. The van der Waals surface area contributed by atoms with Crippen LogP contribution < -0.4 is 0 Å². The van der Waals surface area contributed by atoms with Gasteiger partial charge in [0.2, 0.25) is 0 Å². The summed E-state index contributed by atoms with van der Waals surface area (Å²) >= 11 is 0. The molecular formula is C20H22N2O3S. The van der Waals surface area contributed by atoms with Crippen molar-refractivity contribution < 1.29 is 13.2 Å². The molecule has 136 valence electrons. The second-order valence-electron chi connectivity index (χ2n) is 7.10. The Morgan fingerprint density at radius 1 is 0.923 bits per heavy atom. The third-order valence-corrected chi connectivity index (χ3v) is 7.16. The molecule has 0 unspecified atom stereocenters. The maximum Gasteiger partial charge on any atom is 0.254 e. The van der Waals surface area contributed by atoms with Crippen LogP contribution in [0.2, 0.25) is 0 Å². The number of benzene rings is 2. The van der Waals surface area contributed by atoms with E-state index < -0.39 is 9.84 Å². The van der Waals surface area contributed by atoms with Crippen molar-refractivity contribution in [3.63, 3.8) is 0 Å². The number of carbonyl (C=O) groups excluding carboxylic acids is 1. The molecule has 0 bridgehead atoms. The van der Waals surface area contributed by atoms with Gasteiger partial charge in [0.15, 0.2) is 9.84 Å². The molecule has 0 aromatic heterocycles. The maximum absolute atomic E-state index is 13.4. The van der Waals surface area contributed by atoms with Gasteiger partial charge in [-0.05, 0) is 24.2 Å². The highest BCUT2D eigenvalue weighted by Crippen LogP contribution is 2.30. The number of amides is 1. The first-order valence-corrected chi connectivity index (χ1v) is 10.6. The van der Waals surface area contributed by atoms with Crippen LogP contribution in [0.25, 0.3) is 11.1 Å². The summed E-state index contributed by atoms with van der Waals surface area (Å²) in [7, 11) is -1.17. The molecule has 0 spiro atoms. The Bertz CT molecular complexity index is 927. The lowest BCUT2D eigenvalue weighted by Gasteiger charge is -2.42. The van der Waals surface area contributed by atoms with E-state index in [1.54, 1.807) is 4.90 Å². The molecule has 2 heterocycles. The van der Waals surface area contributed by atoms with Crippen LogP contribution in [0.1, 0.15) is 10.4 Å². The van der Waals surface area contributed by atoms with Crippen LogP contribution in [0.5, 0.6) is 0 Å². The Morgan fingerprint density at radius 2 is 1.58 bits per heavy atom. The molecule has 2 fully saturated rings.